The average Bonchev–Trinajstić information content (AvgIpc) is 2.49. The third-order valence-electron chi connectivity index (χ3n) is 5.45. The summed E-state index contributed by atoms with van der Waals surface area (Å²) in [6, 6.07) is 0. The summed E-state index contributed by atoms with van der Waals surface area (Å²) in [7, 11) is 0. The van der Waals surface area contributed by atoms with Gasteiger partial charge in [0, 0.05) is 6.61 Å². The zero-order valence-electron chi connectivity index (χ0n) is 13.5. The molecule has 0 aromatic carbocycles. The maximum atomic E-state index is 13.5. The SMILES string of the molecule is CCOC12CC3CC(C1)CC(C(=O)OCC(F)(F)SOOO)(C3)C2. The number of esters is 1. The molecule has 138 valence electrons. The Kier molecular flexibility index (Phi) is 5.10. The summed E-state index contributed by atoms with van der Waals surface area (Å²) in [6.45, 7) is 1.39. The van der Waals surface area contributed by atoms with Gasteiger partial charge in [0.05, 0.1) is 11.0 Å². The molecular formula is C15H22F2O6S. The lowest BCUT2D eigenvalue weighted by Crippen LogP contribution is -2.59. The first-order valence-electron chi connectivity index (χ1n) is 8.17. The summed E-state index contributed by atoms with van der Waals surface area (Å²) in [5.74, 6) is 0.212. The lowest BCUT2D eigenvalue weighted by Gasteiger charge is -2.60. The van der Waals surface area contributed by atoms with E-state index in [4.69, 9.17) is 14.7 Å². The van der Waals surface area contributed by atoms with E-state index in [-0.39, 0.29) is 5.60 Å². The number of rotatable bonds is 8. The molecule has 0 amide bonds. The Labute approximate surface area is 143 Å². The highest BCUT2D eigenvalue weighted by Crippen LogP contribution is 2.63. The monoisotopic (exact) mass is 368 g/mol. The van der Waals surface area contributed by atoms with Gasteiger partial charge in [-0.3, -0.25) is 4.79 Å². The second kappa shape index (κ2) is 6.68. The van der Waals surface area contributed by atoms with Gasteiger partial charge >= 0.3 is 11.2 Å². The minimum atomic E-state index is -3.50. The smallest absolute Gasteiger partial charge is 0.354 e. The van der Waals surface area contributed by atoms with E-state index in [0.717, 1.165) is 19.3 Å². The summed E-state index contributed by atoms with van der Waals surface area (Å²) in [4.78, 5) is 12.6. The number of alkyl halides is 2. The Morgan fingerprint density at radius 1 is 1.29 bits per heavy atom. The van der Waals surface area contributed by atoms with Crippen LogP contribution in [-0.2, 0) is 23.6 Å². The van der Waals surface area contributed by atoms with E-state index in [1.165, 1.54) is 0 Å². The molecule has 0 aromatic rings. The van der Waals surface area contributed by atoms with Crippen molar-refractivity contribution in [1.82, 2.24) is 0 Å². The van der Waals surface area contributed by atoms with Crippen molar-refractivity contribution >= 4 is 18.0 Å². The second-order valence-electron chi connectivity index (χ2n) is 7.30. The van der Waals surface area contributed by atoms with Gasteiger partial charge in [0.15, 0.2) is 6.61 Å². The minimum Gasteiger partial charge on any atom is -0.458 e. The van der Waals surface area contributed by atoms with Crippen molar-refractivity contribution in [3.8, 4) is 0 Å². The molecule has 9 heteroatoms. The number of hydrogen-bond donors (Lipinski definition) is 1. The maximum absolute atomic E-state index is 13.5. The lowest BCUT2D eigenvalue weighted by molar-refractivity contribution is -0.433. The predicted molar refractivity (Wildman–Crippen MR) is 79.8 cm³/mol. The summed E-state index contributed by atoms with van der Waals surface area (Å²) in [5, 5.41) is 7.59. The van der Waals surface area contributed by atoms with E-state index in [1.54, 1.807) is 0 Å². The summed E-state index contributed by atoms with van der Waals surface area (Å²) in [5.41, 5.74) is -1.02. The van der Waals surface area contributed by atoms with Crippen molar-refractivity contribution in [2.24, 2.45) is 17.3 Å². The van der Waals surface area contributed by atoms with E-state index in [9.17, 15) is 13.6 Å². The van der Waals surface area contributed by atoms with Gasteiger partial charge in [-0.15, -0.1) is 4.33 Å². The van der Waals surface area contributed by atoms with Gasteiger partial charge in [-0.1, -0.05) is 5.04 Å². The Hall–Kier alpha value is -0.480. The first kappa shape index (κ1) is 18.3. The molecule has 0 aliphatic heterocycles. The van der Waals surface area contributed by atoms with Gasteiger partial charge in [-0.25, -0.2) is 5.26 Å². The van der Waals surface area contributed by atoms with Crippen molar-refractivity contribution in [3.05, 3.63) is 0 Å². The number of carbonyl (C=O) groups is 1. The molecule has 6 nitrogen and oxygen atoms in total. The Morgan fingerprint density at radius 3 is 2.54 bits per heavy atom. The average molecular weight is 368 g/mol. The van der Waals surface area contributed by atoms with E-state index in [1.807, 2.05) is 6.92 Å². The van der Waals surface area contributed by atoms with E-state index in [2.05, 4.69) is 9.37 Å². The Balaban J connectivity index is 1.66. The van der Waals surface area contributed by atoms with Crippen LogP contribution in [0, 0.1) is 17.3 Å². The molecule has 4 saturated carbocycles. The van der Waals surface area contributed by atoms with E-state index in [0.29, 0.717) is 37.7 Å². The number of halogens is 2. The van der Waals surface area contributed by atoms with Gasteiger partial charge in [0.1, 0.15) is 12.0 Å². The first-order chi connectivity index (χ1) is 11.3. The van der Waals surface area contributed by atoms with Gasteiger partial charge in [0.25, 0.3) is 0 Å². The lowest BCUT2D eigenvalue weighted by atomic mass is 9.48. The van der Waals surface area contributed by atoms with Gasteiger partial charge in [0.2, 0.25) is 0 Å². The molecule has 4 aliphatic carbocycles. The van der Waals surface area contributed by atoms with Crippen LogP contribution in [0.15, 0.2) is 0 Å². The van der Waals surface area contributed by atoms with Crippen molar-refractivity contribution in [1.29, 1.82) is 0 Å². The van der Waals surface area contributed by atoms with E-state index < -0.39 is 35.3 Å². The Bertz CT molecular complexity index is 475. The third-order valence-corrected chi connectivity index (χ3v) is 5.94. The van der Waals surface area contributed by atoms with Crippen LogP contribution < -0.4 is 0 Å². The molecule has 1 N–H and O–H groups in total. The molecule has 0 heterocycles. The van der Waals surface area contributed by atoms with Crippen molar-refractivity contribution in [2.45, 2.75) is 56.3 Å². The van der Waals surface area contributed by atoms with Crippen molar-refractivity contribution in [3.63, 3.8) is 0 Å². The van der Waals surface area contributed by atoms with Crippen LogP contribution in [0.1, 0.15) is 45.4 Å². The van der Waals surface area contributed by atoms with Crippen LogP contribution >= 0.6 is 12.0 Å². The summed E-state index contributed by atoms with van der Waals surface area (Å²) < 4.78 is 41.6. The van der Waals surface area contributed by atoms with Gasteiger partial charge in [-0.05, 0) is 57.3 Å². The molecule has 4 fully saturated rings. The number of hydrogen-bond acceptors (Lipinski definition) is 7. The predicted octanol–water partition coefficient (Wildman–Crippen LogP) is 3.57. The Morgan fingerprint density at radius 2 is 1.96 bits per heavy atom. The molecule has 0 radical (unpaired) electrons. The topological polar surface area (TPSA) is 74.2 Å². The molecular weight excluding hydrogens is 346 g/mol. The second-order valence-corrected chi connectivity index (χ2v) is 8.20. The maximum Gasteiger partial charge on any atom is 0.354 e. The van der Waals surface area contributed by atoms with Crippen LogP contribution in [0.5, 0.6) is 0 Å². The van der Waals surface area contributed by atoms with Crippen molar-refractivity contribution < 1.29 is 37.7 Å². The van der Waals surface area contributed by atoms with Crippen LogP contribution in [0.3, 0.4) is 0 Å². The normalized spacial score (nSPS) is 37.7. The van der Waals surface area contributed by atoms with E-state index >= 15 is 0 Å². The van der Waals surface area contributed by atoms with Crippen molar-refractivity contribution in [2.75, 3.05) is 13.2 Å². The van der Waals surface area contributed by atoms with Crippen LogP contribution in [0.25, 0.3) is 0 Å². The van der Waals surface area contributed by atoms with Crippen LogP contribution in [0.2, 0.25) is 0 Å². The minimum absolute atomic E-state index is 0.303. The van der Waals surface area contributed by atoms with Gasteiger partial charge in [-0.2, -0.15) is 8.78 Å². The fourth-order valence-electron chi connectivity index (χ4n) is 5.28. The molecule has 0 saturated heterocycles. The summed E-state index contributed by atoms with van der Waals surface area (Å²) in [6.07, 6.45) is 4.89. The standard InChI is InChI=1S/C15H22F2O6S/c1-2-21-14-6-10-3-11(7-14)5-13(4-10,8-14)12(18)20-9-15(16,17)24-23-22-19/h10-11,19H,2-9H2,1H3. The fraction of sp³-hybridized carbons (Fsp3) is 0.933. The quantitative estimate of drug-likeness (QED) is 0.304. The summed E-state index contributed by atoms with van der Waals surface area (Å²) >= 11 is -0.402. The van der Waals surface area contributed by atoms with Gasteiger partial charge < -0.3 is 9.47 Å². The highest BCUT2D eigenvalue weighted by Gasteiger charge is 2.62. The molecule has 4 aliphatic rings. The zero-order chi connectivity index (χ0) is 17.4. The molecule has 24 heavy (non-hydrogen) atoms. The molecule has 4 bridgehead atoms. The molecule has 0 aromatic heterocycles. The largest absolute Gasteiger partial charge is 0.458 e. The molecule has 4 rings (SSSR count). The third kappa shape index (κ3) is 3.55. The first-order valence-corrected chi connectivity index (χ1v) is 8.91. The zero-order valence-corrected chi connectivity index (χ0v) is 14.3. The highest BCUT2D eigenvalue weighted by molar-refractivity contribution is 7.95. The number of carbonyl (C=O) groups excluding carboxylic acids is 1. The van der Waals surface area contributed by atoms with Crippen LogP contribution in [0.4, 0.5) is 8.78 Å². The molecule has 0 spiro atoms. The molecule has 2 atom stereocenters. The number of ether oxygens (including phenoxy) is 2. The highest BCUT2D eigenvalue weighted by atomic mass is 32.2. The van der Waals surface area contributed by atoms with Crippen LogP contribution in [-0.4, -0.2) is 35.3 Å². The fourth-order valence-corrected chi connectivity index (χ4v) is 5.52. The molecule has 2 unspecified atom stereocenters.